The fourth-order valence-corrected chi connectivity index (χ4v) is 4.80. The number of hydrogen-bond donors (Lipinski definition) is 0. The number of hydrogen-bond acceptors (Lipinski definition) is 5. The van der Waals surface area contributed by atoms with Crippen molar-refractivity contribution in [3.05, 3.63) is 72.3 Å². The van der Waals surface area contributed by atoms with E-state index in [2.05, 4.69) is 22.6 Å². The van der Waals surface area contributed by atoms with E-state index in [0.29, 0.717) is 0 Å². The summed E-state index contributed by atoms with van der Waals surface area (Å²) in [5.74, 6) is 1.62. The molecular formula is C21H19N3OS2. The Morgan fingerprint density at radius 3 is 2.81 bits per heavy atom. The summed E-state index contributed by atoms with van der Waals surface area (Å²) >= 11 is 3.34. The highest BCUT2D eigenvalue weighted by Gasteiger charge is 2.13. The predicted molar refractivity (Wildman–Crippen MR) is 114 cm³/mol. The van der Waals surface area contributed by atoms with E-state index in [9.17, 15) is 0 Å². The van der Waals surface area contributed by atoms with Gasteiger partial charge in [-0.05, 0) is 24.3 Å². The number of benzene rings is 2. The zero-order chi connectivity index (χ0) is 18.6. The lowest BCUT2D eigenvalue weighted by Gasteiger charge is -2.05. The average Bonchev–Trinajstić information content (AvgIpc) is 3.32. The molecule has 136 valence electrons. The number of fused-ring (bicyclic) bond motifs is 1. The van der Waals surface area contributed by atoms with Crippen molar-refractivity contribution in [2.75, 3.05) is 7.11 Å². The van der Waals surface area contributed by atoms with Gasteiger partial charge in [0.2, 0.25) is 0 Å². The fourth-order valence-electron chi connectivity index (χ4n) is 2.93. The van der Waals surface area contributed by atoms with Crippen LogP contribution in [-0.4, -0.2) is 21.6 Å². The lowest BCUT2D eigenvalue weighted by atomic mass is 10.2. The van der Waals surface area contributed by atoms with Crippen molar-refractivity contribution in [3.63, 3.8) is 0 Å². The number of nitrogens with zero attached hydrogens (tertiary/aromatic N) is 3. The van der Waals surface area contributed by atoms with Gasteiger partial charge in [0, 0.05) is 17.7 Å². The van der Waals surface area contributed by atoms with Crippen molar-refractivity contribution in [3.8, 4) is 16.3 Å². The Kier molecular flexibility index (Phi) is 5.27. The molecule has 2 aromatic heterocycles. The number of aromatic nitrogens is 3. The number of ether oxygens (including phenoxy) is 1. The molecule has 0 saturated carbocycles. The van der Waals surface area contributed by atoms with E-state index in [-0.39, 0.29) is 0 Å². The number of thiazole rings is 1. The van der Waals surface area contributed by atoms with Gasteiger partial charge < -0.3 is 9.30 Å². The summed E-state index contributed by atoms with van der Waals surface area (Å²) in [7, 11) is 1.69. The summed E-state index contributed by atoms with van der Waals surface area (Å²) in [4.78, 5) is 9.57. The highest BCUT2D eigenvalue weighted by molar-refractivity contribution is 7.98. The van der Waals surface area contributed by atoms with Crippen LogP contribution in [0.1, 0.15) is 5.69 Å². The summed E-state index contributed by atoms with van der Waals surface area (Å²) in [6, 6.07) is 16.2. The van der Waals surface area contributed by atoms with Crippen molar-refractivity contribution >= 4 is 34.1 Å². The van der Waals surface area contributed by atoms with E-state index in [0.717, 1.165) is 50.5 Å². The molecule has 0 aliphatic rings. The third-order valence-electron chi connectivity index (χ3n) is 4.17. The molecule has 0 unspecified atom stereocenters. The minimum Gasteiger partial charge on any atom is -0.496 e. The van der Waals surface area contributed by atoms with Gasteiger partial charge in [-0.1, -0.05) is 42.1 Å². The van der Waals surface area contributed by atoms with Crippen LogP contribution in [0.15, 0.2) is 71.7 Å². The topological polar surface area (TPSA) is 39.9 Å². The molecule has 0 atom stereocenters. The quantitative estimate of drug-likeness (QED) is 0.301. The first-order valence-corrected chi connectivity index (χ1v) is 10.4. The van der Waals surface area contributed by atoms with Crippen LogP contribution in [0, 0.1) is 0 Å². The minimum absolute atomic E-state index is 0.742. The second kappa shape index (κ2) is 7.98. The molecule has 0 aliphatic carbocycles. The van der Waals surface area contributed by atoms with Crippen molar-refractivity contribution in [1.29, 1.82) is 0 Å². The second-order valence-corrected chi connectivity index (χ2v) is 7.72. The molecule has 0 aliphatic heterocycles. The van der Waals surface area contributed by atoms with Crippen molar-refractivity contribution < 1.29 is 4.74 Å². The van der Waals surface area contributed by atoms with E-state index < -0.39 is 0 Å². The van der Waals surface area contributed by atoms with Crippen molar-refractivity contribution in [1.82, 2.24) is 14.5 Å². The van der Waals surface area contributed by atoms with Gasteiger partial charge in [-0.2, -0.15) is 0 Å². The summed E-state index contributed by atoms with van der Waals surface area (Å²) in [6.45, 7) is 4.62. The van der Waals surface area contributed by atoms with Crippen LogP contribution in [0.4, 0.5) is 0 Å². The normalized spacial score (nSPS) is 11.0. The van der Waals surface area contributed by atoms with Crippen molar-refractivity contribution in [2.45, 2.75) is 17.5 Å². The van der Waals surface area contributed by atoms with Crippen LogP contribution in [0.2, 0.25) is 0 Å². The van der Waals surface area contributed by atoms with Gasteiger partial charge in [0.25, 0.3) is 0 Å². The highest BCUT2D eigenvalue weighted by atomic mass is 32.2. The molecule has 0 amide bonds. The highest BCUT2D eigenvalue weighted by Crippen LogP contribution is 2.33. The molecule has 4 nitrogen and oxygen atoms in total. The number of allylic oxidation sites excluding steroid dienone is 1. The van der Waals surface area contributed by atoms with E-state index in [1.54, 1.807) is 30.2 Å². The Bertz CT molecular complexity index is 1080. The molecule has 0 bridgehead atoms. The monoisotopic (exact) mass is 393 g/mol. The summed E-state index contributed by atoms with van der Waals surface area (Å²) < 4.78 is 7.65. The molecule has 0 saturated heterocycles. The number of methoxy groups -OCH3 is 1. The maximum atomic E-state index is 5.45. The number of imidazole rings is 1. The maximum Gasteiger partial charge on any atom is 0.169 e. The lowest BCUT2D eigenvalue weighted by molar-refractivity contribution is 0.416. The first kappa shape index (κ1) is 17.8. The molecule has 2 heterocycles. The maximum absolute atomic E-state index is 5.45. The van der Waals surface area contributed by atoms with Crippen LogP contribution in [0.25, 0.3) is 21.6 Å². The van der Waals surface area contributed by atoms with Crippen LogP contribution < -0.4 is 4.74 Å². The fraction of sp³-hybridized carbons (Fsp3) is 0.143. The average molecular weight is 394 g/mol. The lowest BCUT2D eigenvalue weighted by Crippen LogP contribution is -1.97. The van der Waals surface area contributed by atoms with Gasteiger partial charge in [0.1, 0.15) is 10.8 Å². The molecule has 6 heteroatoms. The Hall–Kier alpha value is -2.57. The third-order valence-corrected chi connectivity index (χ3v) is 6.10. The second-order valence-electron chi connectivity index (χ2n) is 5.92. The Morgan fingerprint density at radius 2 is 1.96 bits per heavy atom. The molecule has 0 radical (unpaired) electrons. The SMILES string of the molecule is C=CCn1c(SCc2csc(-c3ccccc3OC)n2)nc2ccccc21. The van der Waals surface area contributed by atoms with Crippen molar-refractivity contribution in [2.24, 2.45) is 0 Å². The van der Waals surface area contributed by atoms with Gasteiger partial charge >= 0.3 is 0 Å². The van der Waals surface area contributed by atoms with Gasteiger partial charge in [0.05, 0.1) is 29.4 Å². The zero-order valence-electron chi connectivity index (χ0n) is 15.0. The smallest absolute Gasteiger partial charge is 0.169 e. The summed E-state index contributed by atoms with van der Waals surface area (Å²) in [5.41, 5.74) is 4.21. The van der Waals surface area contributed by atoms with E-state index in [1.807, 2.05) is 48.5 Å². The number of thioether (sulfide) groups is 1. The van der Waals surface area contributed by atoms with Crippen LogP contribution in [0.3, 0.4) is 0 Å². The van der Waals surface area contributed by atoms with Gasteiger partial charge in [0.15, 0.2) is 5.16 Å². The molecule has 2 aromatic carbocycles. The molecular weight excluding hydrogens is 374 g/mol. The van der Waals surface area contributed by atoms with Gasteiger partial charge in [-0.25, -0.2) is 9.97 Å². The van der Waals surface area contributed by atoms with Gasteiger partial charge in [-0.3, -0.25) is 0 Å². The zero-order valence-corrected chi connectivity index (χ0v) is 16.6. The third kappa shape index (κ3) is 3.63. The van der Waals surface area contributed by atoms with E-state index in [4.69, 9.17) is 14.7 Å². The Balaban J connectivity index is 1.56. The standard InChI is InChI=1S/C21H19N3OS2/c1-3-12-24-18-10-6-5-9-17(18)23-21(24)27-14-15-13-26-20(22-15)16-8-4-7-11-19(16)25-2/h3-11,13H,1,12,14H2,2H3. The molecule has 0 spiro atoms. The molecule has 4 rings (SSSR count). The molecule has 4 aromatic rings. The van der Waals surface area contributed by atoms with Crippen LogP contribution in [0.5, 0.6) is 5.75 Å². The van der Waals surface area contributed by atoms with Crippen LogP contribution in [-0.2, 0) is 12.3 Å². The summed E-state index contributed by atoms with van der Waals surface area (Å²) in [5, 5.41) is 4.07. The molecule has 27 heavy (non-hydrogen) atoms. The molecule has 0 N–H and O–H groups in total. The Morgan fingerprint density at radius 1 is 1.15 bits per heavy atom. The van der Waals surface area contributed by atoms with E-state index >= 15 is 0 Å². The largest absolute Gasteiger partial charge is 0.496 e. The number of para-hydroxylation sites is 3. The van der Waals surface area contributed by atoms with Gasteiger partial charge in [-0.15, -0.1) is 17.9 Å². The number of rotatable bonds is 7. The first-order chi connectivity index (χ1) is 13.3. The summed E-state index contributed by atoms with van der Waals surface area (Å²) in [6.07, 6.45) is 1.90. The minimum atomic E-state index is 0.742. The predicted octanol–water partition coefficient (Wildman–Crippen LogP) is 5.65. The van der Waals surface area contributed by atoms with Crippen LogP contribution >= 0.6 is 23.1 Å². The van der Waals surface area contributed by atoms with E-state index in [1.165, 1.54) is 0 Å². The Labute approximate surface area is 166 Å². The first-order valence-electron chi connectivity index (χ1n) is 8.57. The molecule has 0 fully saturated rings.